The molecule has 0 fully saturated rings. The second kappa shape index (κ2) is 9.63. The van der Waals surface area contributed by atoms with Gasteiger partial charge in [0.2, 0.25) is 0 Å². The summed E-state index contributed by atoms with van der Waals surface area (Å²) in [5.74, 6) is 0.262. The van der Waals surface area contributed by atoms with Crippen LogP contribution in [0.2, 0.25) is 0 Å². The van der Waals surface area contributed by atoms with Crippen molar-refractivity contribution < 1.29 is 19.1 Å². The van der Waals surface area contributed by atoms with E-state index in [9.17, 15) is 9.59 Å². The Balaban J connectivity index is 1.51. The van der Waals surface area contributed by atoms with Gasteiger partial charge in [-0.2, -0.15) is 0 Å². The number of aryl methyl sites for hydroxylation is 2. The van der Waals surface area contributed by atoms with Gasteiger partial charge in [0.25, 0.3) is 11.8 Å². The van der Waals surface area contributed by atoms with Crippen LogP contribution in [0.1, 0.15) is 18.1 Å². The Morgan fingerprint density at radius 3 is 2.40 bits per heavy atom. The molecule has 1 unspecified atom stereocenters. The van der Waals surface area contributed by atoms with E-state index in [4.69, 9.17) is 9.47 Å². The van der Waals surface area contributed by atoms with Gasteiger partial charge in [0.1, 0.15) is 11.5 Å². The van der Waals surface area contributed by atoms with Crippen LogP contribution in [0, 0.1) is 13.8 Å². The molecule has 0 aliphatic carbocycles. The van der Waals surface area contributed by atoms with Gasteiger partial charge in [-0.15, -0.1) is 0 Å². The first-order valence-electron chi connectivity index (χ1n) is 9.48. The molecule has 156 valence electrons. The number of carbonyl (C=O) groups is 2. The maximum Gasteiger partial charge on any atom is 0.279 e. The van der Waals surface area contributed by atoms with Crippen LogP contribution >= 0.6 is 15.9 Å². The third kappa shape index (κ3) is 5.10. The maximum atomic E-state index is 12.3. The molecule has 0 aromatic heterocycles. The van der Waals surface area contributed by atoms with Crippen molar-refractivity contribution in [3.05, 3.63) is 70.2 Å². The summed E-state index contributed by atoms with van der Waals surface area (Å²) in [7, 11) is 0. The number of hydrogen-bond acceptors (Lipinski definition) is 4. The van der Waals surface area contributed by atoms with E-state index in [0.717, 1.165) is 26.4 Å². The van der Waals surface area contributed by atoms with Crippen LogP contribution in [0.5, 0.6) is 11.5 Å². The number of rotatable bonds is 6. The van der Waals surface area contributed by atoms with Gasteiger partial charge < -0.3 is 9.47 Å². The fourth-order valence-corrected chi connectivity index (χ4v) is 3.56. The largest absolute Gasteiger partial charge is 0.483 e. The topological polar surface area (TPSA) is 76.7 Å². The summed E-state index contributed by atoms with van der Waals surface area (Å²) in [5.41, 5.74) is 6.59. The van der Waals surface area contributed by atoms with Crippen molar-refractivity contribution in [2.45, 2.75) is 26.9 Å². The zero-order valence-corrected chi connectivity index (χ0v) is 18.6. The van der Waals surface area contributed by atoms with Crippen LogP contribution in [-0.2, 0) is 9.59 Å². The van der Waals surface area contributed by atoms with Crippen LogP contribution in [-0.4, -0.2) is 24.5 Å². The number of ether oxygens (including phenoxy) is 2. The third-order valence-corrected chi connectivity index (χ3v) is 5.40. The summed E-state index contributed by atoms with van der Waals surface area (Å²) in [6.07, 6.45) is -0.777. The highest BCUT2D eigenvalue weighted by atomic mass is 79.9. The van der Waals surface area contributed by atoms with Gasteiger partial charge in [0.05, 0.1) is 4.47 Å². The van der Waals surface area contributed by atoms with Crippen LogP contribution in [0.4, 0.5) is 0 Å². The number of fused-ring (bicyclic) bond motifs is 1. The number of carbonyl (C=O) groups excluding carboxylic acids is 2. The summed E-state index contributed by atoms with van der Waals surface area (Å²) < 4.78 is 12.1. The molecule has 2 N–H and O–H groups in total. The van der Waals surface area contributed by atoms with Crippen molar-refractivity contribution in [1.29, 1.82) is 0 Å². The van der Waals surface area contributed by atoms with E-state index in [2.05, 4.69) is 26.8 Å². The first-order chi connectivity index (χ1) is 14.4. The highest BCUT2D eigenvalue weighted by molar-refractivity contribution is 9.10. The molecule has 0 saturated heterocycles. The average Bonchev–Trinajstić information content (AvgIpc) is 2.74. The fourth-order valence-electron chi connectivity index (χ4n) is 2.95. The molecule has 2 amide bonds. The van der Waals surface area contributed by atoms with E-state index in [-0.39, 0.29) is 6.61 Å². The lowest BCUT2D eigenvalue weighted by molar-refractivity contribution is -0.133. The van der Waals surface area contributed by atoms with E-state index < -0.39 is 17.9 Å². The summed E-state index contributed by atoms with van der Waals surface area (Å²) >= 11 is 3.51. The van der Waals surface area contributed by atoms with E-state index in [1.165, 1.54) is 0 Å². The number of para-hydroxylation sites is 1. The summed E-state index contributed by atoms with van der Waals surface area (Å²) in [5, 5.41) is 2.05. The molecule has 3 aromatic carbocycles. The molecule has 0 radical (unpaired) electrons. The number of hydrogen-bond donors (Lipinski definition) is 2. The van der Waals surface area contributed by atoms with Crippen molar-refractivity contribution >= 4 is 38.5 Å². The molecule has 3 rings (SSSR count). The minimum absolute atomic E-state index is 0.247. The third-order valence-electron chi connectivity index (χ3n) is 4.58. The predicted octanol–water partition coefficient (Wildman–Crippen LogP) is 4.21. The van der Waals surface area contributed by atoms with Crippen LogP contribution < -0.4 is 20.3 Å². The molecule has 0 saturated carbocycles. The Labute approximate surface area is 183 Å². The number of amides is 2. The average molecular weight is 471 g/mol. The molecule has 1 atom stereocenters. The van der Waals surface area contributed by atoms with Gasteiger partial charge in [-0.1, -0.05) is 48.5 Å². The van der Waals surface area contributed by atoms with E-state index in [1.807, 2.05) is 62.4 Å². The Bertz CT molecular complexity index is 1060. The first-order valence-corrected chi connectivity index (χ1v) is 10.3. The lowest BCUT2D eigenvalue weighted by Gasteiger charge is -2.18. The molecular formula is C23H23BrN2O4. The Morgan fingerprint density at radius 2 is 1.67 bits per heavy atom. The first kappa shape index (κ1) is 21.6. The van der Waals surface area contributed by atoms with Crippen molar-refractivity contribution in [2.75, 3.05) is 6.61 Å². The second-order valence-electron chi connectivity index (χ2n) is 6.91. The highest BCUT2D eigenvalue weighted by Gasteiger charge is 2.17. The van der Waals surface area contributed by atoms with E-state index in [0.29, 0.717) is 11.5 Å². The van der Waals surface area contributed by atoms with Gasteiger partial charge >= 0.3 is 0 Å². The van der Waals surface area contributed by atoms with Crippen molar-refractivity contribution in [3.63, 3.8) is 0 Å². The molecule has 6 nitrogen and oxygen atoms in total. The van der Waals surface area contributed by atoms with Crippen LogP contribution in [0.3, 0.4) is 0 Å². The van der Waals surface area contributed by atoms with Gasteiger partial charge in [0, 0.05) is 0 Å². The summed E-state index contributed by atoms with van der Waals surface area (Å²) in [4.78, 5) is 24.3. The normalized spacial score (nSPS) is 11.6. The number of benzene rings is 3. The predicted molar refractivity (Wildman–Crippen MR) is 119 cm³/mol. The lowest BCUT2D eigenvalue weighted by Crippen LogP contribution is -2.48. The van der Waals surface area contributed by atoms with Crippen molar-refractivity contribution in [2.24, 2.45) is 0 Å². The van der Waals surface area contributed by atoms with E-state index >= 15 is 0 Å². The number of halogens is 1. The molecule has 7 heteroatoms. The quantitative estimate of drug-likeness (QED) is 0.528. The minimum atomic E-state index is -0.777. The molecule has 0 bridgehead atoms. The smallest absolute Gasteiger partial charge is 0.279 e. The highest BCUT2D eigenvalue weighted by Crippen LogP contribution is 2.32. The monoisotopic (exact) mass is 470 g/mol. The zero-order chi connectivity index (χ0) is 21.7. The molecule has 0 aliphatic heterocycles. The van der Waals surface area contributed by atoms with E-state index in [1.54, 1.807) is 13.0 Å². The lowest BCUT2D eigenvalue weighted by atomic mass is 10.1. The molecule has 0 spiro atoms. The van der Waals surface area contributed by atoms with Crippen molar-refractivity contribution in [3.8, 4) is 11.5 Å². The van der Waals surface area contributed by atoms with Crippen LogP contribution in [0.15, 0.2) is 59.1 Å². The van der Waals surface area contributed by atoms with Gasteiger partial charge in [-0.3, -0.25) is 20.4 Å². The Hall–Kier alpha value is -3.06. The van der Waals surface area contributed by atoms with Gasteiger partial charge in [-0.05, 0) is 64.7 Å². The zero-order valence-electron chi connectivity index (χ0n) is 17.0. The van der Waals surface area contributed by atoms with Gasteiger partial charge in [-0.25, -0.2) is 0 Å². The number of nitrogens with one attached hydrogen (secondary N) is 2. The maximum absolute atomic E-state index is 12.3. The summed E-state index contributed by atoms with van der Waals surface area (Å²) in [6.45, 7) is 5.20. The molecule has 0 heterocycles. The molecule has 0 aliphatic rings. The fraction of sp³-hybridized carbons (Fsp3) is 0.217. The summed E-state index contributed by atoms with van der Waals surface area (Å²) in [6, 6.07) is 17.3. The standard InChI is InChI=1S/C23H23BrN2O4/c1-14-7-6-8-15(2)22(14)30-16(3)23(28)26-25-20(27)13-29-19-12-11-17-9-4-5-10-18(17)21(19)24/h4-12,16H,13H2,1-3H3,(H,25,27)(H,26,28). The SMILES string of the molecule is Cc1cccc(C)c1OC(C)C(=O)NNC(=O)COc1ccc2ccccc2c1Br. The minimum Gasteiger partial charge on any atom is -0.483 e. The van der Waals surface area contributed by atoms with Crippen LogP contribution in [0.25, 0.3) is 10.8 Å². The number of hydrazine groups is 1. The molecule has 3 aromatic rings. The van der Waals surface area contributed by atoms with Crippen molar-refractivity contribution in [1.82, 2.24) is 10.9 Å². The molecular weight excluding hydrogens is 448 g/mol. The Kier molecular flexibility index (Phi) is 6.95. The van der Waals surface area contributed by atoms with Gasteiger partial charge in [0.15, 0.2) is 12.7 Å². The second-order valence-corrected chi connectivity index (χ2v) is 7.70. The molecule has 30 heavy (non-hydrogen) atoms. The Morgan fingerprint density at radius 1 is 0.967 bits per heavy atom.